The van der Waals surface area contributed by atoms with Crippen molar-refractivity contribution >= 4 is 0 Å². The fraction of sp³-hybridized carbons (Fsp3) is 0.727. The molecule has 6 aromatic rings. The Morgan fingerprint density at radius 2 is 0.564 bits per heavy atom. The second kappa shape index (κ2) is 50.5. The standard InChI is InChI=1S/6C9H16N2.12CH4/c2*1-7(2)9-5-10-6-11(9)8(3)4;2*1-7(2)9-10-5-6-11(9)8(3)4;2*1-6(2)8-9(7(3)4)11-5-10-8;;;;;;;;;;;;/h4*5-8H,1-4H3;2*5-7H,1-4H3,(H,10,11);12*1H4. The first-order chi connectivity index (χ1) is 30.8. The minimum Gasteiger partial charge on any atom is -0.348 e. The predicted molar refractivity (Wildman–Crippen MR) is 361 cm³/mol. The zero-order valence-electron chi connectivity index (χ0n) is 46.2. The Hall–Kier alpha value is -4.74. The summed E-state index contributed by atoms with van der Waals surface area (Å²) < 4.78 is 8.85. The summed E-state index contributed by atoms with van der Waals surface area (Å²) in [4.78, 5) is 31.8. The topological polar surface area (TPSA) is 129 Å². The summed E-state index contributed by atoms with van der Waals surface area (Å²) in [5.74, 6) is 6.70. The average Bonchev–Trinajstić information content (AvgIpc) is 4.08. The van der Waals surface area contributed by atoms with Gasteiger partial charge in [-0.25, -0.2) is 29.9 Å². The highest BCUT2D eigenvalue weighted by molar-refractivity contribution is 5.18. The van der Waals surface area contributed by atoms with Gasteiger partial charge in [-0.1, -0.05) is 200 Å². The van der Waals surface area contributed by atoms with E-state index < -0.39 is 0 Å². The molecular formula is C66H144N12. The Balaban J connectivity index is -0.0000000650. The lowest BCUT2D eigenvalue weighted by Crippen LogP contribution is -2.06. The summed E-state index contributed by atoms with van der Waals surface area (Å²) in [5, 5.41) is 0. The Labute approximate surface area is 491 Å². The molecule has 0 aromatic carbocycles. The van der Waals surface area contributed by atoms with Gasteiger partial charge in [0.25, 0.3) is 0 Å². The molecule has 0 spiro atoms. The van der Waals surface area contributed by atoms with Crippen molar-refractivity contribution in [1.29, 1.82) is 0 Å². The molecule has 0 fully saturated rings. The summed E-state index contributed by atoms with van der Waals surface area (Å²) in [7, 11) is 0. The van der Waals surface area contributed by atoms with Gasteiger partial charge < -0.3 is 28.2 Å². The molecule has 0 radical (unpaired) electrons. The van der Waals surface area contributed by atoms with Crippen LogP contribution in [-0.2, 0) is 0 Å². The van der Waals surface area contributed by atoms with E-state index in [1.54, 1.807) is 12.7 Å². The van der Waals surface area contributed by atoms with E-state index in [0.29, 0.717) is 71.5 Å². The lowest BCUT2D eigenvalue weighted by atomic mass is 10.0. The normalized spacial score (nSPS) is 9.69. The quantitative estimate of drug-likeness (QED) is 0.126. The highest BCUT2D eigenvalue weighted by atomic mass is 15.1. The molecule has 468 valence electrons. The van der Waals surface area contributed by atoms with Crippen molar-refractivity contribution in [2.75, 3.05) is 0 Å². The molecule has 12 nitrogen and oxygen atoms in total. The fourth-order valence-corrected chi connectivity index (χ4v) is 7.28. The van der Waals surface area contributed by atoms with Crippen molar-refractivity contribution in [3.8, 4) is 0 Å². The van der Waals surface area contributed by atoms with Crippen molar-refractivity contribution in [2.45, 2.75) is 327 Å². The van der Waals surface area contributed by atoms with E-state index in [-0.39, 0.29) is 89.1 Å². The molecule has 0 atom stereocenters. The maximum Gasteiger partial charge on any atom is 0.111 e. The van der Waals surface area contributed by atoms with Gasteiger partial charge in [0, 0.05) is 96.0 Å². The third kappa shape index (κ3) is 33.0. The first kappa shape index (κ1) is 102. The lowest BCUT2D eigenvalue weighted by molar-refractivity contribution is 0.550. The average molecular weight is 1110 g/mol. The monoisotopic (exact) mass is 1110 g/mol. The van der Waals surface area contributed by atoms with Crippen LogP contribution in [0.15, 0.2) is 62.5 Å². The highest BCUT2D eigenvalue weighted by Crippen LogP contribution is 2.24. The van der Waals surface area contributed by atoms with Gasteiger partial charge in [0.15, 0.2) is 0 Å². The minimum absolute atomic E-state index is 0. The molecule has 0 saturated carbocycles. The zero-order chi connectivity index (χ0) is 50.6. The number of aromatic amines is 2. The van der Waals surface area contributed by atoms with Gasteiger partial charge in [-0.15, -0.1) is 0 Å². The predicted octanol–water partition coefficient (Wildman–Crippen LogP) is 23.3. The van der Waals surface area contributed by atoms with Crippen molar-refractivity contribution in [2.24, 2.45) is 0 Å². The van der Waals surface area contributed by atoms with E-state index in [1.165, 1.54) is 45.8 Å². The van der Waals surface area contributed by atoms with Crippen LogP contribution in [0.25, 0.3) is 0 Å². The summed E-state index contributed by atoms with van der Waals surface area (Å²) in [5.41, 5.74) is 7.61. The smallest absolute Gasteiger partial charge is 0.111 e. The zero-order valence-corrected chi connectivity index (χ0v) is 46.2. The number of aromatic nitrogens is 12. The van der Waals surface area contributed by atoms with Gasteiger partial charge >= 0.3 is 0 Å². The van der Waals surface area contributed by atoms with E-state index >= 15 is 0 Å². The van der Waals surface area contributed by atoms with E-state index in [2.05, 4.69) is 224 Å². The second-order valence-electron chi connectivity index (χ2n) is 20.9. The van der Waals surface area contributed by atoms with Gasteiger partial charge in [0.1, 0.15) is 11.6 Å². The van der Waals surface area contributed by atoms with E-state index in [1.807, 2.05) is 49.8 Å². The third-order valence-corrected chi connectivity index (χ3v) is 10.9. The molecule has 0 amide bonds. The Morgan fingerprint density at radius 1 is 0.308 bits per heavy atom. The van der Waals surface area contributed by atoms with Crippen LogP contribution in [0, 0.1) is 0 Å². The van der Waals surface area contributed by atoms with Crippen LogP contribution in [0.1, 0.15) is 373 Å². The van der Waals surface area contributed by atoms with Crippen LogP contribution in [-0.4, -0.2) is 58.1 Å². The third-order valence-electron chi connectivity index (χ3n) is 10.9. The molecular weight excluding hydrogens is 961 g/mol. The molecule has 0 unspecified atom stereocenters. The first-order valence-corrected chi connectivity index (χ1v) is 24.9. The van der Waals surface area contributed by atoms with E-state index in [4.69, 9.17) is 0 Å². The number of nitrogens with zero attached hydrogens (tertiary/aromatic N) is 10. The maximum absolute atomic E-state index is 4.30. The van der Waals surface area contributed by atoms with Crippen LogP contribution in [0.4, 0.5) is 0 Å². The molecule has 6 rings (SSSR count). The lowest BCUT2D eigenvalue weighted by Gasteiger charge is -2.13. The Bertz CT molecular complexity index is 1600. The van der Waals surface area contributed by atoms with Crippen molar-refractivity contribution in [3.63, 3.8) is 0 Å². The molecule has 0 aliphatic heterocycles. The molecule has 0 saturated heterocycles. The van der Waals surface area contributed by atoms with Crippen LogP contribution >= 0.6 is 0 Å². The molecule has 78 heavy (non-hydrogen) atoms. The van der Waals surface area contributed by atoms with Crippen molar-refractivity contribution in [1.82, 2.24) is 58.1 Å². The van der Waals surface area contributed by atoms with Gasteiger partial charge in [0.2, 0.25) is 0 Å². The molecule has 6 heterocycles. The van der Waals surface area contributed by atoms with Crippen molar-refractivity contribution < 1.29 is 0 Å². The van der Waals surface area contributed by atoms with Crippen LogP contribution < -0.4 is 0 Å². The molecule has 0 bridgehead atoms. The molecule has 0 aliphatic carbocycles. The highest BCUT2D eigenvalue weighted by Gasteiger charge is 2.14. The summed E-state index contributed by atoms with van der Waals surface area (Å²) in [6, 6.07) is 2.09. The fourth-order valence-electron chi connectivity index (χ4n) is 7.28. The molecule has 6 aromatic heterocycles. The summed E-state index contributed by atoms with van der Waals surface area (Å²) in [6.07, 6.45) is 19.1. The van der Waals surface area contributed by atoms with E-state index in [9.17, 15) is 0 Å². The molecule has 12 heteroatoms. The minimum atomic E-state index is 0. The van der Waals surface area contributed by atoms with Gasteiger partial charge in [-0.2, -0.15) is 0 Å². The van der Waals surface area contributed by atoms with Gasteiger partial charge in [0.05, 0.1) is 36.7 Å². The Kier molecular flexibility index (Phi) is 66.0. The largest absolute Gasteiger partial charge is 0.348 e. The second-order valence-corrected chi connectivity index (χ2v) is 20.9. The van der Waals surface area contributed by atoms with Crippen molar-refractivity contribution in [3.05, 3.63) is 108 Å². The maximum atomic E-state index is 4.30. The number of hydrogen-bond acceptors (Lipinski definition) is 6. The number of hydrogen-bond donors (Lipinski definition) is 2. The summed E-state index contributed by atoms with van der Waals surface area (Å²) in [6.45, 7) is 52.2. The summed E-state index contributed by atoms with van der Waals surface area (Å²) >= 11 is 0. The number of nitrogens with one attached hydrogen (secondary N) is 2. The number of imidazole rings is 6. The van der Waals surface area contributed by atoms with Crippen LogP contribution in [0.3, 0.4) is 0 Å². The Morgan fingerprint density at radius 3 is 0.718 bits per heavy atom. The van der Waals surface area contributed by atoms with Crippen LogP contribution in [0.2, 0.25) is 0 Å². The molecule has 0 aliphatic rings. The van der Waals surface area contributed by atoms with Crippen LogP contribution in [0.5, 0.6) is 0 Å². The van der Waals surface area contributed by atoms with Gasteiger partial charge in [-0.3, -0.25) is 0 Å². The number of H-pyrrole nitrogens is 2. The SMILES string of the molecule is C.C.C.C.C.C.C.C.C.C.C.C.CC(C)c1cncn1C(C)C.CC(C)c1cncn1C(C)C.CC(C)c1nc[nH]c1C(C)C.CC(C)c1nc[nH]c1C(C)C.CC(C)c1nccn1C(C)C.CC(C)c1nccn1C(C)C. The number of rotatable bonds is 12. The molecule has 2 N–H and O–H groups in total. The van der Waals surface area contributed by atoms with Gasteiger partial charge in [-0.05, 0) is 90.9 Å². The first-order valence-electron chi connectivity index (χ1n) is 24.9. The van der Waals surface area contributed by atoms with E-state index in [0.717, 1.165) is 0 Å².